The molecule has 0 heterocycles. The third-order valence-electron chi connectivity index (χ3n) is 2.94. The lowest BCUT2D eigenvalue weighted by Crippen LogP contribution is -2.16. The summed E-state index contributed by atoms with van der Waals surface area (Å²) in [5, 5.41) is 0. The van der Waals surface area contributed by atoms with Crippen molar-refractivity contribution in [3.63, 3.8) is 0 Å². The Morgan fingerprint density at radius 2 is 1.89 bits per heavy atom. The largest absolute Gasteiger partial charge is 0.494 e. The molecule has 0 aromatic heterocycles. The Labute approximate surface area is 114 Å². The highest BCUT2D eigenvalue weighted by Gasteiger charge is 2.03. The maximum Gasteiger partial charge on any atom is 0.119 e. The van der Waals surface area contributed by atoms with Gasteiger partial charge in [-0.05, 0) is 42.8 Å². The summed E-state index contributed by atoms with van der Waals surface area (Å²) in [6.07, 6.45) is 0. The van der Waals surface area contributed by atoms with Crippen molar-refractivity contribution in [2.24, 2.45) is 0 Å². The van der Waals surface area contributed by atoms with Gasteiger partial charge in [0.15, 0.2) is 0 Å². The molecule has 0 atom stereocenters. The molecule has 0 saturated heterocycles. The number of hydrogen-bond donors (Lipinski definition) is 1. The van der Waals surface area contributed by atoms with Crippen molar-refractivity contribution in [2.45, 2.75) is 13.5 Å². The molecule has 3 heteroatoms. The molecule has 0 fully saturated rings. The molecule has 0 spiro atoms. The maximum absolute atomic E-state index is 5.81. The molecule has 0 radical (unpaired) electrons. The minimum absolute atomic E-state index is 0.689. The van der Waals surface area contributed by atoms with Crippen LogP contribution in [-0.2, 0) is 6.54 Å². The highest BCUT2D eigenvalue weighted by atomic mass is 16.5. The number of anilines is 2. The van der Waals surface area contributed by atoms with Crippen LogP contribution in [0.15, 0.2) is 48.5 Å². The summed E-state index contributed by atoms with van der Waals surface area (Å²) >= 11 is 0. The number of nitrogens with two attached hydrogens (primary N) is 1. The summed E-state index contributed by atoms with van der Waals surface area (Å²) < 4.78 is 5.51. The van der Waals surface area contributed by atoms with E-state index in [4.69, 9.17) is 10.5 Å². The van der Waals surface area contributed by atoms with Gasteiger partial charge in [-0.25, -0.2) is 0 Å². The lowest BCUT2D eigenvalue weighted by molar-refractivity contribution is 0.340. The van der Waals surface area contributed by atoms with E-state index in [-0.39, 0.29) is 0 Å². The fourth-order valence-electron chi connectivity index (χ4n) is 2.03. The molecule has 0 aliphatic carbocycles. The van der Waals surface area contributed by atoms with E-state index >= 15 is 0 Å². The Bertz CT molecular complexity index is 540. The first-order valence-corrected chi connectivity index (χ1v) is 6.47. The third kappa shape index (κ3) is 3.65. The zero-order chi connectivity index (χ0) is 13.7. The minimum atomic E-state index is 0.689. The third-order valence-corrected chi connectivity index (χ3v) is 2.94. The smallest absolute Gasteiger partial charge is 0.119 e. The van der Waals surface area contributed by atoms with Crippen LogP contribution < -0.4 is 15.4 Å². The number of nitrogen functional groups attached to an aromatic ring is 1. The van der Waals surface area contributed by atoms with E-state index in [1.165, 1.54) is 5.56 Å². The summed E-state index contributed by atoms with van der Waals surface area (Å²) in [7, 11) is 2.06. The van der Waals surface area contributed by atoms with Gasteiger partial charge in [-0.2, -0.15) is 0 Å². The van der Waals surface area contributed by atoms with Crippen LogP contribution >= 0.6 is 0 Å². The van der Waals surface area contributed by atoms with Gasteiger partial charge >= 0.3 is 0 Å². The standard InChI is InChI=1S/C16H20N2O/c1-3-19-16-9-4-6-13(10-16)12-18(2)15-8-5-7-14(17)11-15/h4-11H,3,12,17H2,1-2H3. The van der Waals surface area contributed by atoms with E-state index in [9.17, 15) is 0 Å². The van der Waals surface area contributed by atoms with E-state index in [1.54, 1.807) is 0 Å². The van der Waals surface area contributed by atoms with Gasteiger partial charge in [0.25, 0.3) is 0 Å². The van der Waals surface area contributed by atoms with E-state index in [1.807, 2.05) is 37.3 Å². The number of ether oxygens (including phenoxy) is 1. The first-order chi connectivity index (χ1) is 9.19. The maximum atomic E-state index is 5.81. The normalized spacial score (nSPS) is 10.2. The average molecular weight is 256 g/mol. The molecule has 2 rings (SSSR count). The van der Waals surface area contributed by atoms with E-state index < -0.39 is 0 Å². The van der Waals surface area contributed by atoms with E-state index in [2.05, 4.69) is 30.1 Å². The van der Waals surface area contributed by atoms with E-state index in [0.717, 1.165) is 23.7 Å². The SMILES string of the molecule is CCOc1cccc(CN(C)c2cccc(N)c2)c1. The number of benzene rings is 2. The first kappa shape index (κ1) is 13.3. The van der Waals surface area contributed by atoms with Crippen LogP contribution in [0.1, 0.15) is 12.5 Å². The molecule has 100 valence electrons. The molecule has 2 N–H and O–H groups in total. The van der Waals surface area contributed by atoms with Gasteiger partial charge in [-0.3, -0.25) is 0 Å². The highest BCUT2D eigenvalue weighted by Crippen LogP contribution is 2.20. The van der Waals surface area contributed by atoms with Crippen LogP contribution in [0.4, 0.5) is 11.4 Å². The molecule has 3 nitrogen and oxygen atoms in total. The van der Waals surface area contributed by atoms with Gasteiger partial charge in [0.2, 0.25) is 0 Å². The van der Waals surface area contributed by atoms with Gasteiger partial charge in [0.1, 0.15) is 5.75 Å². The Hall–Kier alpha value is -2.16. The molecule has 0 saturated carbocycles. The van der Waals surface area contributed by atoms with Crippen LogP contribution in [0, 0.1) is 0 Å². The number of nitrogens with zero attached hydrogens (tertiary/aromatic N) is 1. The predicted molar refractivity (Wildman–Crippen MR) is 80.6 cm³/mol. The molecule has 2 aromatic rings. The quantitative estimate of drug-likeness (QED) is 0.834. The van der Waals surface area contributed by atoms with Gasteiger partial charge in [-0.1, -0.05) is 18.2 Å². The van der Waals surface area contributed by atoms with Crippen LogP contribution in [0.3, 0.4) is 0 Å². The van der Waals surface area contributed by atoms with E-state index in [0.29, 0.717) is 6.61 Å². The van der Waals surface area contributed by atoms with Crippen molar-refractivity contribution in [1.82, 2.24) is 0 Å². The fourth-order valence-corrected chi connectivity index (χ4v) is 2.03. The number of rotatable bonds is 5. The lowest BCUT2D eigenvalue weighted by Gasteiger charge is -2.20. The molecular formula is C16H20N2O. The minimum Gasteiger partial charge on any atom is -0.494 e. The Morgan fingerprint density at radius 3 is 2.63 bits per heavy atom. The predicted octanol–water partition coefficient (Wildman–Crippen LogP) is 3.30. The number of hydrogen-bond acceptors (Lipinski definition) is 3. The molecule has 0 amide bonds. The van der Waals surface area contributed by atoms with Crippen molar-refractivity contribution in [3.8, 4) is 5.75 Å². The molecule has 0 unspecified atom stereocenters. The van der Waals surface area contributed by atoms with Gasteiger partial charge < -0.3 is 15.4 Å². The topological polar surface area (TPSA) is 38.5 Å². The monoisotopic (exact) mass is 256 g/mol. The van der Waals surface area contributed by atoms with Crippen molar-refractivity contribution in [2.75, 3.05) is 24.3 Å². The summed E-state index contributed by atoms with van der Waals surface area (Å²) in [6.45, 7) is 3.50. The molecule has 2 aromatic carbocycles. The molecule has 0 bridgehead atoms. The van der Waals surface area contributed by atoms with Gasteiger partial charge in [0, 0.05) is 25.0 Å². The molecule has 0 aliphatic rings. The average Bonchev–Trinajstić information content (AvgIpc) is 2.39. The second kappa shape index (κ2) is 6.14. The molecule has 0 aliphatic heterocycles. The fraction of sp³-hybridized carbons (Fsp3) is 0.250. The Balaban J connectivity index is 2.10. The van der Waals surface area contributed by atoms with Crippen molar-refractivity contribution in [3.05, 3.63) is 54.1 Å². The summed E-state index contributed by atoms with van der Waals surface area (Å²) in [5.41, 5.74) is 8.92. The summed E-state index contributed by atoms with van der Waals surface area (Å²) in [6, 6.07) is 16.1. The van der Waals surface area contributed by atoms with Crippen molar-refractivity contribution < 1.29 is 4.74 Å². The van der Waals surface area contributed by atoms with Crippen LogP contribution in [-0.4, -0.2) is 13.7 Å². The van der Waals surface area contributed by atoms with Crippen LogP contribution in [0.5, 0.6) is 5.75 Å². The zero-order valence-electron chi connectivity index (χ0n) is 11.5. The summed E-state index contributed by atoms with van der Waals surface area (Å²) in [4.78, 5) is 2.17. The highest BCUT2D eigenvalue weighted by molar-refractivity contribution is 5.55. The van der Waals surface area contributed by atoms with Crippen molar-refractivity contribution >= 4 is 11.4 Å². The molecule has 19 heavy (non-hydrogen) atoms. The van der Waals surface area contributed by atoms with Crippen molar-refractivity contribution in [1.29, 1.82) is 0 Å². The summed E-state index contributed by atoms with van der Waals surface area (Å²) in [5.74, 6) is 0.918. The van der Waals surface area contributed by atoms with Crippen LogP contribution in [0.2, 0.25) is 0 Å². The van der Waals surface area contributed by atoms with Gasteiger partial charge in [-0.15, -0.1) is 0 Å². The van der Waals surface area contributed by atoms with Crippen LogP contribution in [0.25, 0.3) is 0 Å². The lowest BCUT2D eigenvalue weighted by atomic mass is 10.2. The second-order valence-electron chi connectivity index (χ2n) is 4.53. The van der Waals surface area contributed by atoms with Gasteiger partial charge in [0.05, 0.1) is 6.61 Å². The zero-order valence-corrected chi connectivity index (χ0v) is 11.5. The Morgan fingerprint density at radius 1 is 1.11 bits per heavy atom. The second-order valence-corrected chi connectivity index (χ2v) is 4.53. The molecular weight excluding hydrogens is 236 g/mol. The first-order valence-electron chi connectivity index (χ1n) is 6.47. The Kier molecular flexibility index (Phi) is 4.29.